The Morgan fingerprint density at radius 1 is 1.47 bits per heavy atom. The molecule has 1 fully saturated rings. The molecule has 2 rings (SSSR count). The minimum absolute atomic E-state index is 0.201. The molecule has 94 valence electrons. The number of hydrogen-bond donors (Lipinski definition) is 1. The van der Waals surface area contributed by atoms with Crippen LogP contribution < -0.4 is 10.1 Å². The Kier molecular flexibility index (Phi) is 4.24. The molecule has 0 amide bonds. The van der Waals surface area contributed by atoms with Gasteiger partial charge in [-0.15, -0.1) is 0 Å². The SMILES string of the molecule is CCCNC1CC(Oc2ccc(F)cc2Cl)C1. The van der Waals surface area contributed by atoms with Crippen molar-refractivity contribution in [1.29, 1.82) is 0 Å². The molecule has 0 atom stereocenters. The summed E-state index contributed by atoms with van der Waals surface area (Å²) >= 11 is 5.89. The lowest BCUT2D eigenvalue weighted by atomic mass is 9.89. The summed E-state index contributed by atoms with van der Waals surface area (Å²) in [5, 5.41) is 3.78. The first kappa shape index (κ1) is 12.7. The normalized spacial score (nSPS) is 23.2. The van der Waals surface area contributed by atoms with Gasteiger partial charge < -0.3 is 10.1 Å². The molecule has 0 radical (unpaired) electrons. The fourth-order valence-electron chi connectivity index (χ4n) is 1.93. The summed E-state index contributed by atoms with van der Waals surface area (Å²) in [6.45, 7) is 3.20. The second-order valence-corrected chi connectivity index (χ2v) is 4.84. The summed E-state index contributed by atoms with van der Waals surface area (Å²) in [4.78, 5) is 0. The number of benzene rings is 1. The van der Waals surface area contributed by atoms with Crippen LogP contribution in [-0.4, -0.2) is 18.7 Å². The topological polar surface area (TPSA) is 21.3 Å². The highest BCUT2D eigenvalue weighted by molar-refractivity contribution is 6.32. The van der Waals surface area contributed by atoms with Gasteiger partial charge in [0.1, 0.15) is 17.7 Å². The summed E-state index contributed by atoms with van der Waals surface area (Å²) in [5.74, 6) is 0.241. The quantitative estimate of drug-likeness (QED) is 0.873. The van der Waals surface area contributed by atoms with Gasteiger partial charge in [0.25, 0.3) is 0 Å². The van der Waals surface area contributed by atoms with E-state index in [0.29, 0.717) is 16.8 Å². The summed E-state index contributed by atoms with van der Waals surface area (Å²) in [6.07, 6.45) is 3.33. The summed E-state index contributed by atoms with van der Waals surface area (Å²) < 4.78 is 18.5. The van der Waals surface area contributed by atoms with Crippen LogP contribution in [0.1, 0.15) is 26.2 Å². The first-order valence-corrected chi connectivity index (χ1v) is 6.42. The molecule has 2 nitrogen and oxygen atoms in total. The van der Waals surface area contributed by atoms with Crippen LogP contribution in [0.3, 0.4) is 0 Å². The first-order valence-electron chi connectivity index (χ1n) is 6.04. The van der Waals surface area contributed by atoms with Crippen LogP contribution in [0, 0.1) is 5.82 Å². The van der Waals surface area contributed by atoms with Crippen molar-refractivity contribution in [3.63, 3.8) is 0 Å². The maximum atomic E-state index is 12.8. The van der Waals surface area contributed by atoms with Gasteiger partial charge in [0.15, 0.2) is 0 Å². The van der Waals surface area contributed by atoms with Crippen molar-refractivity contribution in [3.05, 3.63) is 29.0 Å². The Bertz CT molecular complexity index is 380. The zero-order chi connectivity index (χ0) is 12.3. The van der Waals surface area contributed by atoms with Crippen molar-refractivity contribution >= 4 is 11.6 Å². The second-order valence-electron chi connectivity index (χ2n) is 4.44. The van der Waals surface area contributed by atoms with Crippen molar-refractivity contribution in [1.82, 2.24) is 5.32 Å². The molecule has 1 aliphatic rings. The maximum Gasteiger partial charge on any atom is 0.138 e. The average molecular weight is 258 g/mol. The highest BCUT2D eigenvalue weighted by Crippen LogP contribution is 2.31. The molecular formula is C13H17ClFNO. The fraction of sp³-hybridized carbons (Fsp3) is 0.538. The molecule has 0 bridgehead atoms. The Hall–Kier alpha value is -0.800. The van der Waals surface area contributed by atoms with Crippen LogP contribution in [0.2, 0.25) is 5.02 Å². The number of hydrogen-bond acceptors (Lipinski definition) is 2. The van der Waals surface area contributed by atoms with E-state index in [1.807, 2.05) is 0 Å². The van der Waals surface area contributed by atoms with Gasteiger partial charge in [0, 0.05) is 6.04 Å². The molecule has 0 spiro atoms. The summed E-state index contributed by atoms with van der Waals surface area (Å²) in [5.41, 5.74) is 0. The molecule has 1 aromatic carbocycles. The molecular weight excluding hydrogens is 241 g/mol. The van der Waals surface area contributed by atoms with Crippen LogP contribution in [0.4, 0.5) is 4.39 Å². The first-order chi connectivity index (χ1) is 8.19. The predicted molar refractivity (Wildman–Crippen MR) is 67.1 cm³/mol. The van der Waals surface area contributed by atoms with Crippen LogP contribution >= 0.6 is 11.6 Å². The van der Waals surface area contributed by atoms with Crippen LogP contribution in [0.15, 0.2) is 18.2 Å². The highest BCUT2D eigenvalue weighted by atomic mass is 35.5. The predicted octanol–water partition coefficient (Wildman–Crippen LogP) is 3.39. The second kappa shape index (κ2) is 5.69. The van der Waals surface area contributed by atoms with E-state index in [4.69, 9.17) is 16.3 Å². The fourth-order valence-corrected chi connectivity index (χ4v) is 2.14. The Morgan fingerprint density at radius 2 is 2.24 bits per heavy atom. The third-order valence-electron chi connectivity index (χ3n) is 2.97. The maximum absolute atomic E-state index is 12.8. The van der Waals surface area contributed by atoms with Gasteiger partial charge in [-0.1, -0.05) is 18.5 Å². The number of halogens is 2. The van der Waals surface area contributed by atoms with E-state index in [-0.39, 0.29) is 11.9 Å². The van der Waals surface area contributed by atoms with E-state index in [9.17, 15) is 4.39 Å². The zero-order valence-corrected chi connectivity index (χ0v) is 10.6. The van der Waals surface area contributed by atoms with Crippen LogP contribution in [0.25, 0.3) is 0 Å². The molecule has 1 saturated carbocycles. The Balaban J connectivity index is 1.79. The third kappa shape index (κ3) is 3.33. The van der Waals surface area contributed by atoms with Gasteiger partial charge >= 0.3 is 0 Å². The Morgan fingerprint density at radius 3 is 2.88 bits per heavy atom. The minimum Gasteiger partial charge on any atom is -0.489 e. The Labute approximate surface area is 106 Å². The summed E-state index contributed by atoms with van der Waals surface area (Å²) in [7, 11) is 0. The standard InChI is InChI=1S/C13H17ClFNO/c1-2-5-16-10-7-11(8-10)17-13-4-3-9(15)6-12(13)14/h3-4,6,10-11,16H,2,5,7-8H2,1H3. The van der Waals surface area contributed by atoms with Crippen molar-refractivity contribution in [2.24, 2.45) is 0 Å². The third-order valence-corrected chi connectivity index (χ3v) is 3.26. The smallest absolute Gasteiger partial charge is 0.138 e. The monoisotopic (exact) mass is 257 g/mol. The minimum atomic E-state index is -0.335. The number of ether oxygens (including phenoxy) is 1. The van der Waals surface area contributed by atoms with Gasteiger partial charge in [-0.2, -0.15) is 0 Å². The lowest BCUT2D eigenvalue weighted by molar-refractivity contribution is 0.0852. The number of nitrogens with one attached hydrogen (secondary N) is 1. The van der Waals surface area contributed by atoms with Crippen molar-refractivity contribution in [2.75, 3.05) is 6.54 Å². The summed E-state index contributed by atoms with van der Waals surface area (Å²) in [6, 6.07) is 4.79. The lowest BCUT2D eigenvalue weighted by Gasteiger charge is -2.36. The molecule has 0 aliphatic heterocycles. The molecule has 1 aromatic rings. The van der Waals surface area contributed by atoms with Crippen LogP contribution in [-0.2, 0) is 0 Å². The van der Waals surface area contributed by atoms with Gasteiger partial charge in [-0.05, 0) is 44.0 Å². The molecule has 0 aromatic heterocycles. The van der Waals surface area contributed by atoms with Crippen molar-refractivity contribution in [3.8, 4) is 5.75 Å². The lowest BCUT2D eigenvalue weighted by Crippen LogP contribution is -2.47. The van der Waals surface area contributed by atoms with E-state index in [2.05, 4.69) is 12.2 Å². The van der Waals surface area contributed by atoms with Gasteiger partial charge in [-0.3, -0.25) is 0 Å². The van der Waals surface area contributed by atoms with Gasteiger partial charge in [0.2, 0.25) is 0 Å². The van der Waals surface area contributed by atoms with Crippen molar-refractivity contribution in [2.45, 2.75) is 38.3 Å². The molecule has 1 N–H and O–H groups in total. The largest absolute Gasteiger partial charge is 0.489 e. The van der Waals surface area contributed by atoms with Crippen LogP contribution in [0.5, 0.6) is 5.75 Å². The van der Waals surface area contributed by atoms with E-state index in [1.165, 1.54) is 12.1 Å². The van der Waals surface area contributed by atoms with Gasteiger partial charge in [0.05, 0.1) is 5.02 Å². The zero-order valence-electron chi connectivity index (χ0n) is 9.88. The van der Waals surface area contributed by atoms with Crippen molar-refractivity contribution < 1.29 is 9.13 Å². The number of rotatable bonds is 5. The van der Waals surface area contributed by atoms with E-state index in [1.54, 1.807) is 6.07 Å². The molecule has 0 saturated heterocycles. The van der Waals surface area contributed by atoms with E-state index >= 15 is 0 Å². The molecule has 1 aliphatic carbocycles. The highest BCUT2D eigenvalue weighted by Gasteiger charge is 2.30. The van der Waals surface area contributed by atoms with E-state index < -0.39 is 0 Å². The molecule has 4 heteroatoms. The van der Waals surface area contributed by atoms with Gasteiger partial charge in [-0.25, -0.2) is 4.39 Å². The van der Waals surface area contributed by atoms with E-state index in [0.717, 1.165) is 25.8 Å². The molecule has 17 heavy (non-hydrogen) atoms. The molecule has 0 heterocycles. The average Bonchev–Trinajstić information content (AvgIpc) is 2.24. The molecule has 0 unspecified atom stereocenters.